The summed E-state index contributed by atoms with van der Waals surface area (Å²) in [5.74, 6) is 0. The van der Waals surface area contributed by atoms with Crippen molar-refractivity contribution in [1.29, 1.82) is 0 Å². The summed E-state index contributed by atoms with van der Waals surface area (Å²) in [5, 5.41) is 3.38. The highest BCUT2D eigenvalue weighted by Gasteiger charge is 2.34. The van der Waals surface area contributed by atoms with E-state index in [4.69, 9.17) is 5.73 Å². The topological polar surface area (TPSA) is 43.8 Å². The van der Waals surface area contributed by atoms with Gasteiger partial charge in [0.15, 0.2) is 5.69 Å². The van der Waals surface area contributed by atoms with Crippen molar-refractivity contribution in [2.24, 2.45) is 5.73 Å². The molecular weight excluding hydrogens is 183 g/mol. The minimum atomic E-state index is -4.37. The Balaban J connectivity index is 2.95. The fraction of sp³-hybridized carbons (Fsp3) is 0.571. The molecule has 0 aliphatic rings. The van der Waals surface area contributed by atoms with Crippen LogP contribution in [0.4, 0.5) is 13.2 Å². The molecule has 13 heavy (non-hydrogen) atoms. The Kier molecular flexibility index (Phi) is 2.60. The first kappa shape index (κ1) is 10.0. The van der Waals surface area contributed by atoms with Gasteiger partial charge in [-0.15, -0.1) is 0 Å². The van der Waals surface area contributed by atoms with Crippen LogP contribution in [0.3, 0.4) is 0 Å². The summed E-state index contributed by atoms with van der Waals surface area (Å²) in [4.78, 5) is 0. The second-order valence-electron chi connectivity index (χ2n) is 2.68. The molecule has 0 aliphatic carbocycles. The van der Waals surface area contributed by atoms with Gasteiger partial charge in [-0.1, -0.05) is 0 Å². The molecule has 0 saturated carbocycles. The van der Waals surface area contributed by atoms with Gasteiger partial charge >= 0.3 is 6.18 Å². The Hall–Kier alpha value is -1.04. The number of hydrogen-bond acceptors (Lipinski definition) is 2. The van der Waals surface area contributed by atoms with Gasteiger partial charge in [0.1, 0.15) is 0 Å². The third-order valence-corrected chi connectivity index (χ3v) is 1.61. The number of aryl methyl sites for hydroxylation is 1. The fourth-order valence-electron chi connectivity index (χ4n) is 0.997. The monoisotopic (exact) mass is 193 g/mol. The molecule has 0 unspecified atom stereocenters. The molecule has 0 fully saturated rings. The third kappa shape index (κ3) is 2.21. The largest absolute Gasteiger partial charge is 0.435 e. The molecular formula is C7H10F3N3. The summed E-state index contributed by atoms with van der Waals surface area (Å²) in [5.41, 5.74) is 4.81. The highest BCUT2D eigenvalue weighted by molar-refractivity contribution is 5.11. The van der Waals surface area contributed by atoms with E-state index in [1.807, 2.05) is 0 Å². The van der Waals surface area contributed by atoms with Gasteiger partial charge in [-0.2, -0.15) is 18.3 Å². The van der Waals surface area contributed by atoms with E-state index in [2.05, 4.69) is 5.10 Å². The van der Waals surface area contributed by atoms with Crippen LogP contribution in [0.2, 0.25) is 0 Å². The minimum absolute atomic E-state index is 0.278. The second-order valence-corrected chi connectivity index (χ2v) is 2.68. The minimum Gasteiger partial charge on any atom is -0.329 e. The van der Waals surface area contributed by atoms with Crippen LogP contribution in [-0.2, 0) is 12.7 Å². The summed E-state index contributed by atoms with van der Waals surface area (Å²) in [6.45, 7) is 2.15. The van der Waals surface area contributed by atoms with Gasteiger partial charge in [-0.25, -0.2) is 0 Å². The van der Waals surface area contributed by atoms with Crippen LogP contribution >= 0.6 is 0 Å². The van der Waals surface area contributed by atoms with Gasteiger partial charge in [-0.3, -0.25) is 4.68 Å². The second kappa shape index (κ2) is 3.37. The van der Waals surface area contributed by atoms with Gasteiger partial charge < -0.3 is 5.73 Å². The van der Waals surface area contributed by atoms with E-state index in [-0.39, 0.29) is 6.54 Å². The van der Waals surface area contributed by atoms with E-state index in [1.54, 1.807) is 6.92 Å². The Morgan fingerprint density at radius 1 is 1.54 bits per heavy atom. The number of rotatable bonds is 2. The van der Waals surface area contributed by atoms with Crippen LogP contribution in [-0.4, -0.2) is 16.3 Å². The van der Waals surface area contributed by atoms with Crippen molar-refractivity contribution in [2.45, 2.75) is 19.6 Å². The van der Waals surface area contributed by atoms with Crippen LogP contribution in [0.15, 0.2) is 6.07 Å². The average Bonchev–Trinajstić information content (AvgIpc) is 2.32. The first-order valence-electron chi connectivity index (χ1n) is 3.77. The number of halogens is 3. The maximum absolute atomic E-state index is 12.1. The Bertz CT molecular complexity index is 290. The molecule has 1 aromatic rings. The zero-order chi connectivity index (χ0) is 10.1. The standard InChI is InChI=1S/C7H10F3N3/c1-5-4-6(7(8,9)10)12-13(5)3-2-11/h4H,2-3,11H2,1H3. The van der Waals surface area contributed by atoms with Crippen LogP contribution < -0.4 is 5.73 Å². The predicted molar refractivity (Wildman–Crippen MR) is 41.0 cm³/mol. The van der Waals surface area contributed by atoms with E-state index in [0.717, 1.165) is 6.07 Å². The lowest BCUT2D eigenvalue weighted by atomic mass is 10.4. The van der Waals surface area contributed by atoms with Crippen LogP contribution in [0.25, 0.3) is 0 Å². The van der Waals surface area contributed by atoms with Crippen molar-refractivity contribution >= 4 is 0 Å². The van der Waals surface area contributed by atoms with Crippen molar-refractivity contribution in [3.8, 4) is 0 Å². The smallest absolute Gasteiger partial charge is 0.329 e. The van der Waals surface area contributed by atoms with Crippen molar-refractivity contribution in [1.82, 2.24) is 9.78 Å². The number of hydrogen-bond donors (Lipinski definition) is 1. The quantitative estimate of drug-likeness (QED) is 0.766. The van der Waals surface area contributed by atoms with Crippen LogP contribution in [0.1, 0.15) is 11.4 Å². The van der Waals surface area contributed by atoms with Gasteiger partial charge in [-0.05, 0) is 13.0 Å². The first-order chi connectivity index (χ1) is 5.95. The Morgan fingerprint density at radius 3 is 2.54 bits per heavy atom. The lowest BCUT2D eigenvalue weighted by Gasteiger charge is -2.01. The van der Waals surface area contributed by atoms with Crippen molar-refractivity contribution in [3.05, 3.63) is 17.5 Å². The molecule has 0 aliphatic heterocycles. The van der Waals surface area contributed by atoms with Crippen LogP contribution in [0, 0.1) is 6.92 Å². The van der Waals surface area contributed by atoms with Crippen LogP contribution in [0.5, 0.6) is 0 Å². The molecule has 1 rings (SSSR count). The van der Waals surface area contributed by atoms with E-state index in [9.17, 15) is 13.2 Å². The molecule has 3 nitrogen and oxygen atoms in total. The van der Waals surface area contributed by atoms with E-state index in [1.165, 1.54) is 4.68 Å². The summed E-state index contributed by atoms with van der Waals surface area (Å²) >= 11 is 0. The normalized spacial score (nSPS) is 12.1. The van der Waals surface area contributed by atoms with Crippen molar-refractivity contribution < 1.29 is 13.2 Å². The molecule has 2 N–H and O–H groups in total. The summed E-state index contributed by atoms with van der Waals surface area (Å²) in [7, 11) is 0. The Labute approximate surface area is 73.3 Å². The maximum Gasteiger partial charge on any atom is 0.435 e. The van der Waals surface area contributed by atoms with Gasteiger partial charge in [0.05, 0.1) is 6.54 Å². The molecule has 74 valence electrons. The third-order valence-electron chi connectivity index (χ3n) is 1.61. The molecule has 0 bridgehead atoms. The van der Waals surface area contributed by atoms with Crippen molar-refractivity contribution in [3.63, 3.8) is 0 Å². The van der Waals surface area contributed by atoms with E-state index in [0.29, 0.717) is 12.2 Å². The lowest BCUT2D eigenvalue weighted by Crippen LogP contribution is -2.13. The number of alkyl halides is 3. The van der Waals surface area contributed by atoms with Gasteiger partial charge in [0, 0.05) is 12.2 Å². The van der Waals surface area contributed by atoms with Crippen molar-refractivity contribution in [2.75, 3.05) is 6.54 Å². The highest BCUT2D eigenvalue weighted by atomic mass is 19.4. The maximum atomic E-state index is 12.1. The lowest BCUT2D eigenvalue weighted by molar-refractivity contribution is -0.141. The highest BCUT2D eigenvalue weighted by Crippen LogP contribution is 2.28. The first-order valence-corrected chi connectivity index (χ1v) is 3.77. The molecule has 1 aromatic heterocycles. The molecule has 0 spiro atoms. The molecule has 1 heterocycles. The molecule has 6 heteroatoms. The fourth-order valence-corrected chi connectivity index (χ4v) is 0.997. The Morgan fingerprint density at radius 2 is 2.15 bits per heavy atom. The number of aromatic nitrogens is 2. The zero-order valence-corrected chi connectivity index (χ0v) is 7.10. The van der Waals surface area contributed by atoms with Gasteiger partial charge in [0.25, 0.3) is 0 Å². The van der Waals surface area contributed by atoms with Gasteiger partial charge in [0.2, 0.25) is 0 Å². The molecule has 0 aromatic carbocycles. The summed E-state index contributed by atoms with van der Waals surface area (Å²) in [6.07, 6.45) is -4.37. The number of nitrogens with zero attached hydrogens (tertiary/aromatic N) is 2. The molecule has 0 atom stereocenters. The van der Waals surface area contributed by atoms with E-state index >= 15 is 0 Å². The SMILES string of the molecule is Cc1cc(C(F)(F)F)nn1CCN. The predicted octanol–water partition coefficient (Wildman–Crippen LogP) is 1.17. The number of nitrogens with two attached hydrogens (primary N) is 1. The molecule has 0 amide bonds. The van der Waals surface area contributed by atoms with E-state index < -0.39 is 11.9 Å². The zero-order valence-electron chi connectivity index (χ0n) is 7.10. The summed E-state index contributed by atoms with van der Waals surface area (Å²) in [6, 6.07) is 1.01. The molecule has 0 radical (unpaired) electrons. The molecule has 0 saturated heterocycles. The summed E-state index contributed by atoms with van der Waals surface area (Å²) < 4.78 is 37.6. The average molecular weight is 193 g/mol.